The molecule has 2 aromatic heterocycles. The van der Waals surface area contributed by atoms with Gasteiger partial charge in [-0.1, -0.05) is 6.92 Å². The van der Waals surface area contributed by atoms with Gasteiger partial charge >= 0.3 is 0 Å². The topological polar surface area (TPSA) is 40.2 Å². The monoisotopic (exact) mass is 282 g/mol. The molecule has 0 saturated heterocycles. The number of hydrogen-bond donors (Lipinski definition) is 0. The second-order valence-electron chi connectivity index (χ2n) is 4.92. The van der Waals surface area contributed by atoms with Gasteiger partial charge in [-0.25, -0.2) is 4.68 Å². The number of ether oxygens (including phenoxy) is 1. The number of aryl methyl sites for hydroxylation is 2. The molecule has 0 bridgehead atoms. The van der Waals surface area contributed by atoms with Gasteiger partial charge in [0.15, 0.2) is 5.76 Å². The molecular formula is C17H18N2O2. The van der Waals surface area contributed by atoms with Crippen LogP contribution in [0.2, 0.25) is 0 Å². The molecule has 0 atom stereocenters. The summed E-state index contributed by atoms with van der Waals surface area (Å²) < 4.78 is 12.8. The zero-order valence-electron chi connectivity index (χ0n) is 12.5. The van der Waals surface area contributed by atoms with Crippen LogP contribution in [0, 0.1) is 6.92 Å². The van der Waals surface area contributed by atoms with Crippen molar-refractivity contribution in [3.8, 4) is 22.9 Å². The van der Waals surface area contributed by atoms with Crippen molar-refractivity contribution >= 4 is 0 Å². The van der Waals surface area contributed by atoms with Crippen molar-refractivity contribution in [1.82, 2.24) is 9.78 Å². The summed E-state index contributed by atoms with van der Waals surface area (Å²) in [4.78, 5) is 0. The third kappa shape index (κ3) is 2.44. The quantitative estimate of drug-likeness (QED) is 0.726. The first kappa shape index (κ1) is 13.5. The van der Waals surface area contributed by atoms with Crippen LogP contribution in [0.5, 0.6) is 5.75 Å². The third-order valence-corrected chi connectivity index (χ3v) is 3.53. The van der Waals surface area contributed by atoms with Gasteiger partial charge in [0, 0.05) is 0 Å². The molecule has 1 aromatic carbocycles. The predicted molar refractivity (Wildman–Crippen MR) is 81.9 cm³/mol. The molecule has 0 saturated carbocycles. The van der Waals surface area contributed by atoms with Gasteiger partial charge in [-0.3, -0.25) is 0 Å². The summed E-state index contributed by atoms with van der Waals surface area (Å²) in [5.74, 6) is 1.69. The van der Waals surface area contributed by atoms with Gasteiger partial charge < -0.3 is 9.15 Å². The van der Waals surface area contributed by atoms with Gasteiger partial charge in [0.25, 0.3) is 0 Å². The molecule has 108 valence electrons. The molecule has 4 nitrogen and oxygen atoms in total. The Kier molecular flexibility index (Phi) is 3.52. The van der Waals surface area contributed by atoms with Crippen LogP contribution in [0.4, 0.5) is 0 Å². The van der Waals surface area contributed by atoms with Gasteiger partial charge in [0.05, 0.1) is 24.8 Å². The average Bonchev–Trinajstić information content (AvgIpc) is 3.13. The first-order chi connectivity index (χ1) is 10.2. The molecular weight excluding hydrogens is 264 g/mol. The van der Waals surface area contributed by atoms with E-state index in [4.69, 9.17) is 9.15 Å². The fourth-order valence-corrected chi connectivity index (χ4v) is 2.32. The van der Waals surface area contributed by atoms with Crippen molar-refractivity contribution in [1.29, 1.82) is 0 Å². The Bertz CT molecular complexity index is 738. The summed E-state index contributed by atoms with van der Waals surface area (Å²) in [5, 5.41) is 4.67. The molecule has 0 radical (unpaired) electrons. The predicted octanol–water partition coefficient (Wildman–Crippen LogP) is 4.01. The maximum absolute atomic E-state index is 5.63. The maximum Gasteiger partial charge on any atom is 0.155 e. The highest BCUT2D eigenvalue weighted by atomic mass is 16.5. The SMILES string of the molecule is CCc1cc(-c2occc2C)n(-c2ccc(OC)cc2)n1. The smallest absolute Gasteiger partial charge is 0.155 e. The van der Waals surface area contributed by atoms with Crippen LogP contribution in [-0.4, -0.2) is 16.9 Å². The Morgan fingerprint density at radius 3 is 2.52 bits per heavy atom. The highest BCUT2D eigenvalue weighted by molar-refractivity contribution is 5.60. The van der Waals surface area contributed by atoms with Crippen molar-refractivity contribution < 1.29 is 9.15 Å². The summed E-state index contributed by atoms with van der Waals surface area (Å²) in [5.41, 5.74) is 4.10. The number of methoxy groups -OCH3 is 1. The Hall–Kier alpha value is -2.49. The number of benzene rings is 1. The average molecular weight is 282 g/mol. The summed E-state index contributed by atoms with van der Waals surface area (Å²) in [6.07, 6.45) is 2.59. The van der Waals surface area contributed by atoms with Crippen LogP contribution in [0.1, 0.15) is 18.2 Å². The molecule has 0 unspecified atom stereocenters. The Labute approximate surface area is 124 Å². The van der Waals surface area contributed by atoms with Crippen LogP contribution in [0.25, 0.3) is 17.1 Å². The fraction of sp³-hybridized carbons (Fsp3) is 0.235. The van der Waals surface area contributed by atoms with E-state index in [1.54, 1.807) is 13.4 Å². The van der Waals surface area contributed by atoms with E-state index in [2.05, 4.69) is 18.1 Å². The van der Waals surface area contributed by atoms with Crippen LogP contribution < -0.4 is 4.74 Å². The Morgan fingerprint density at radius 1 is 1.19 bits per heavy atom. The Balaban J connectivity index is 2.12. The number of aromatic nitrogens is 2. The minimum Gasteiger partial charge on any atom is -0.497 e. The zero-order chi connectivity index (χ0) is 14.8. The molecule has 0 aliphatic rings. The molecule has 3 rings (SSSR count). The van der Waals surface area contributed by atoms with Gasteiger partial charge in [-0.15, -0.1) is 0 Å². The van der Waals surface area contributed by atoms with Crippen molar-refractivity contribution in [2.75, 3.05) is 7.11 Å². The summed E-state index contributed by atoms with van der Waals surface area (Å²) >= 11 is 0. The van der Waals surface area contributed by atoms with Gasteiger partial charge in [0.1, 0.15) is 11.4 Å². The molecule has 21 heavy (non-hydrogen) atoms. The molecule has 2 heterocycles. The third-order valence-electron chi connectivity index (χ3n) is 3.53. The van der Waals surface area contributed by atoms with Gasteiger partial charge in [0.2, 0.25) is 0 Å². The molecule has 4 heteroatoms. The minimum atomic E-state index is 0.831. The lowest BCUT2D eigenvalue weighted by Crippen LogP contribution is -1.99. The normalized spacial score (nSPS) is 10.8. The van der Waals surface area contributed by atoms with E-state index in [0.717, 1.165) is 40.6 Å². The van der Waals surface area contributed by atoms with E-state index in [0.29, 0.717) is 0 Å². The lowest BCUT2D eigenvalue weighted by molar-refractivity contribution is 0.414. The van der Waals surface area contributed by atoms with Gasteiger partial charge in [-0.2, -0.15) is 5.10 Å². The largest absolute Gasteiger partial charge is 0.497 e. The second kappa shape index (κ2) is 5.48. The van der Waals surface area contributed by atoms with Crippen LogP contribution in [0.15, 0.2) is 47.1 Å². The van der Waals surface area contributed by atoms with Gasteiger partial charge in [-0.05, 0) is 55.3 Å². The first-order valence-corrected chi connectivity index (χ1v) is 7.00. The molecule has 0 N–H and O–H groups in total. The van der Waals surface area contributed by atoms with E-state index >= 15 is 0 Å². The Morgan fingerprint density at radius 2 is 1.95 bits per heavy atom. The molecule has 0 aliphatic carbocycles. The van der Waals surface area contributed by atoms with Crippen LogP contribution in [0.3, 0.4) is 0 Å². The van der Waals surface area contributed by atoms with Crippen LogP contribution in [-0.2, 0) is 6.42 Å². The van der Waals surface area contributed by atoms with E-state index in [1.807, 2.05) is 41.9 Å². The second-order valence-corrected chi connectivity index (χ2v) is 4.92. The number of hydrogen-bond acceptors (Lipinski definition) is 3. The van der Waals surface area contributed by atoms with Crippen LogP contribution >= 0.6 is 0 Å². The fourth-order valence-electron chi connectivity index (χ4n) is 2.32. The summed E-state index contributed by atoms with van der Waals surface area (Å²) in [6, 6.07) is 11.9. The standard InChI is InChI=1S/C17H18N2O2/c1-4-13-11-16(17-12(2)9-10-21-17)19(18-13)14-5-7-15(20-3)8-6-14/h5-11H,4H2,1-3H3. The lowest BCUT2D eigenvalue weighted by atomic mass is 10.2. The van der Waals surface area contributed by atoms with E-state index < -0.39 is 0 Å². The number of furan rings is 1. The zero-order valence-corrected chi connectivity index (χ0v) is 12.5. The van der Waals surface area contributed by atoms with Crippen molar-refractivity contribution in [3.05, 3.63) is 53.9 Å². The minimum absolute atomic E-state index is 0.831. The highest BCUT2D eigenvalue weighted by Crippen LogP contribution is 2.28. The summed E-state index contributed by atoms with van der Waals surface area (Å²) in [6.45, 7) is 4.13. The molecule has 0 amide bonds. The van der Waals surface area contributed by atoms with Crippen molar-refractivity contribution in [3.63, 3.8) is 0 Å². The molecule has 0 fully saturated rings. The van der Waals surface area contributed by atoms with E-state index in [-0.39, 0.29) is 0 Å². The number of nitrogens with zero attached hydrogens (tertiary/aromatic N) is 2. The lowest BCUT2D eigenvalue weighted by Gasteiger charge is -2.07. The molecule has 3 aromatic rings. The number of rotatable bonds is 4. The van der Waals surface area contributed by atoms with Crippen molar-refractivity contribution in [2.45, 2.75) is 20.3 Å². The maximum atomic E-state index is 5.63. The first-order valence-electron chi connectivity index (χ1n) is 7.00. The van der Waals surface area contributed by atoms with E-state index in [9.17, 15) is 0 Å². The highest BCUT2D eigenvalue weighted by Gasteiger charge is 2.15. The van der Waals surface area contributed by atoms with Crippen molar-refractivity contribution in [2.24, 2.45) is 0 Å². The van der Waals surface area contributed by atoms with E-state index in [1.165, 1.54) is 0 Å². The molecule has 0 aliphatic heterocycles. The summed E-state index contributed by atoms with van der Waals surface area (Å²) in [7, 11) is 1.66. The molecule has 0 spiro atoms.